The van der Waals surface area contributed by atoms with Crippen molar-refractivity contribution in [2.75, 3.05) is 13.2 Å². The fourth-order valence-corrected chi connectivity index (χ4v) is 2.00. The van der Waals surface area contributed by atoms with E-state index in [1.165, 1.54) is 0 Å². The molecule has 0 radical (unpaired) electrons. The van der Waals surface area contributed by atoms with Crippen LogP contribution in [0.15, 0.2) is 18.2 Å². The van der Waals surface area contributed by atoms with E-state index in [0.717, 1.165) is 18.9 Å². The van der Waals surface area contributed by atoms with Gasteiger partial charge in [-0.05, 0) is 31.0 Å². The number of hydrogen-bond acceptors (Lipinski definition) is 2. The summed E-state index contributed by atoms with van der Waals surface area (Å²) in [5, 5.41) is 2.49. The summed E-state index contributed by atoms with van der Waals surface area (Å²) in [7, 11) is 0. The zero-order chi connectivity index (χ0) is 14.8. The van der Waals surface area contributed by atoms with Crippen LogP contribution in [0.1, 0.15) is 28.8 Å². The molecule has 1 N–H and O–H groups in total. The fraction of sp³-hybridized carbons (Fsp3) is 0.462. The number of rotatable bonds is 3. The van der Waals surface area contributed by atoms with E-state index >= 15 is 0 Å². The largest absolute Gasteiger partial charge is 0.419 e. The molecule has 1 saturated heterocycles. The van der Waals surface area contributed by atoms with E-state index in [9.17, 15) is 22.4 Å². The Morgan fingerprint density at radius 3 is 2.75 bits per heavy atom. The van der Waals surface area contributed by atoms with E-state index in [2.05, 4.69) is 5.32 Å². The molecule has 110 valence electrons. The molecule has 0 saturated carbocycles. The lowest BCUT2D eigenvalue weighted by atomic mass is 10.1. The maximum absolute atomic E-state index is 13.1. The lowest BCUT2D eigenvalue weighted by molar-refractivity contribution is -0.140. The minimum Gasteiger partial charge on any atom is -0.376 e. The Labute approximate surface area is 112 Å². The fourth-order valence-electron chi connectivity index (χ4n) is 2.00. The molecule has 1 aromatic carbocycles. The van der Waals surface area contributed by atoms with Gasteiger partial charge in [-0.25, -0.2) is 4.39 Å². The number of carbonyl (C=O) groups is 1. The molecule has 1 aliphatic heterocycles. The van der Waals surface area contributed by atoms with Gasteiger partial charge < -0.3 is 10.1 Å². The third kappa shape index (κ3) is 3.47. The second-order valence-corrected chi connectivity index (χ2v) is 4.54. The maximum Gasteiger partial charge on any atom is 0.419 e. The molecule has 1 aromatic rings. The summed E-state index contributed by atoms with van der Waals surface area (Å²) in [5.74, 6) is -2.07. The van der Waals surface area contributed by atoms with E-state index in [1.54, 1.807) is 0 Å². The van der Waals surface area contributed by atoms with Crippen LogP contribution < -0.4 is 5.32 Å². The van der Waals surface area contributed by atoms with Crippen LogP contribution in [-0.4, -0.2) is 25.2 Å². The summed E-state index contributed by atoms with van der Waals surface area (Å²) < 4.78 is 56.0. The number of hydrogen-bond donors (Lipinski definition) is 1. The zero-order valence-corrected chi connectivity index (χ0v) is 10.5. The van der Waals surface area contributed by atoms with Gasteiger partial charge >= 0.3 is 6.18 Å². The summed E-state index contributed by atoms with van der Waals surface area (Å²) in [4.78, 5) is 11.7. The van der Waals surface area contributed by atoms with Crippen molar-refractivity contribution in [3.63, 3.8) is 0 Å². The number of carbonyl (C=O) groups excluding carboxylic acids is 1. The molecule has 0 aliphatic carbocycles. The first kappa shape index (κ1) is 14.8. The van der Waals surface area contributed by atoms with Crippen molar-refractivity contribution in [3.8, 4) is 0 Å². The average Bonchev–Trinajstić information content (AvgIpc) is 2.88. The number of benzene rings is 1. The molecule has 1 amide bonds. The van der Waals surface area contributed by atoms with E-state index in [4.69, 9.17) is 4.74 Å². The average molecular weight is 291 g/mol. The summed E-state index contributed by atoms with van der Waals surface area (Å²) >= 11 is 0. The Morgan fingerprint density at radius 2 is 2.15 bits per heavy atom. The van der Waals surface area contributed by atoms with Gasteiger partial charge in [-0.2, -0.15) is 13.2 Å². The van der Waals surface area contributed by atoms with Crippen molar-refractivity contribution in [3.05, 3.63) is 35.1 Å². The highest BCUT2D eigenvalue weighted by molar-refractivity contribution is 5.94. The highest BCUT2D eigenvalue weighted by Crippen LogP contribution is 2.31. The Hall–Kier alpha value is -1.63. The third-order valence-corrected chi connectivity index (χ3v) is 3.05. The van der Waals surface area contributed by atoms with Gasteiger partial charge in [-0.1, -0.05) is 0 Å². The Morgan fingerprint density at radius 1 is 1.40 bits per heavy atom. The lowest BCUT2D eigenvalue weighted by Gasteiger charge is -2.12. The summed E-state index contributed by atoms with van der Waals surface area (Å²) in [5.41, 5.74) is -1.67. The minimum atomic E-state index is -4.82. The van der Waals surface area contributed by atoms with Crippen molar-refractivity contribution in [2.45, 2.75) is 25.1 Å². The van der Waals surface area contributed by atoms with E-state index in [0.29, 0.717) is 18.7 Å². The topological polar surface area (TPSA) is 38.3 Å². The molecule has 3 nitrogen and oxygen atoms in total. The molecule has 1 fully saturated rings. The highest BCUT2D eigenvalue weighted by atomic mass is 19.4. The monoisotopic (exact) mass is 291 g/mol. The van der Waals surface area contributed by atoms with Gasteiger partial charge in [0.2, 0.25) is 0 Å². The Bertz CT molecular complexity index is 496. The number of ether oxygens (including phenoxy) is 1. The van der Waals surface area contributed by atoms with Gasteiger partial charge in [0.1, 0.15) is 5.82 Å². The van der Waals surface area contributed by atoms with E-state index < -0.39 is 23.5 Å². The molecule has 0 aromatic heterocycles. The number of alkyl halides is 3. The first-order valence-electron chi connectivity index (χ1n) is 6.14. The maximum atomic E-state index is 13.1. The lowest BCUT2D eigenvalue weighted by Crippen LogP contribution is -2.32. The predicted octanol–water partition coefficient (Wildman–Crippen LogP) is 2.75. The van der Waals surface area contributed by atoms with Gasteiger partial charge in [0.25, 0.3) is 5.91 Å². The van der Waals surface area contributed by atoms with Crippen molar-refractivity contribution < 1.29 is 27.1 Å². The van der Waals surface area contributed by atoms with Gasteiger partial charge in [0.05, 0.1) is 11.7 Å². The zero-order valence-electron chi connectivity index (χ0n) is 10.5. The smallest absolute Gasteiger partial charge is 0.376 e. The molecule has 1 atom stereocenters. The number of halogens is 4. The highest BCUT2D eigenvalue weighted by Gasteiger charge is 2.34. The molecule has 1 heterocycles. The normalized spacial score (nSPS) is 19.1. The first-order valence-corrected chi connectivity index (χ1v) is 6.14. The Kier molecular flexibility index (Phi) is 4.27. The molecular formula is C13H13F4NO2. The first-order chi connectivity index (χ1) is 9.38. The summed E-state index contributed by atoms with van der Waals surface area (Å²) in [6.45, 7) is 0.854. The van der Waals surface area contributed by atoms with Crippen LogP contribution in [0.2, 0.25) is 0 Å². The molecule has 0 bridgehead atoms. The molecule has 0 spiro atoms. The third-order valence-electron chi connectivity index (χ3n) is 3.05. The van der Waals surface area contributed by atoms with Crippen LogP contribution >= 0.6 is 0 Å². The van der Waals surface area contributed by atoms with Gasteiger partial charge in [-0.15, -0.1) is 0 Å². The predicted molar refractivity (Wildman–Crippen MR) is 62.7 cm³/mol. The van der Waals surface area contributed by atoms with Crippen molar-refractivity contribution in [1.82, 2.24) is 5.32 Å². The summed E-state index contributed by atoms with van der Waals surface area (Å²) in [6.07, 6.45) is -3.23. The van der Waals surface area contributed by atoms with Crippen molar-refractivity contribution in [2.24, 2.45) is 0 Å². The standard InChI is InChI=1S/C13H13F4NO2/c14-11-4-3-8(6-10(11)13(15,16)17)12(19)18-7-9-2-1-5-20-9/h3-4,6,9H,1-2,5,7H2,(H,18,19). The van der Waals surface area contributed by atoms with Crippen molar-refractivity contribution in [1.29, 1.82) is 0 Å². The van der Waals surface area contributed by atoms with Gasteiger partial charge in [0, 0.05) is 18.7 Å². The SMILES string of the molecule is O=C(NCC1CCCO1)c1ccc(F)c(C(F)(F)F)c1. The Balaban J connectivity index is 2.06. The van der Waals surface area contributed by atoms with Crippen molar-refractivity contribution >= 4 is 5.91 Å². The van der Waals surface area contributed by atoms with Gasteiger partial charge in [-0.3, -0.25) is 4.79 Å². The second-order valence-electron chi connectivity index (χ2n) is 4.54. The molecule has 20 heavy (non-hydrogen) atoms. The number of amides is 1. The van der Waals surface area contributed by atoms with E-state index in [-0.39, 0.29) is 18.2 Å². The van der Waals surface area contributed by atoms with E-state index in [1.807, 2.05) is 0 Å². The van der Waals surface area contributed by atoms with Crippen LogP contribution in [-0.2, 0) is 10.9 Å². The molecular weight excluding hydrogens is 278 g/mol. The number of nitrogens with one attached hydrogen (secondary N) is 1. The minimum absolute atomic E-state index is 0.110. The van der Waals surface area contributed by atoms with Gasteiger partial charge in [0.15, 0.2) is 0 Å². The van der Waals surface area contributed by atoms with Crippen LogP contribution in [0.3, 0.4) is 0 Å². The van der Waals surface area contributed by atoms with Crippen LogP contribution in [0.5, 0.6) is 0 Å². The van der Waals surface area contributed by atoms with Crippen LogP contribution in [0, 0.1) is 5.82 Å². The molecule has 1 aliphatic rings. The second kappa shape index (κ2) is 5.78. The molecule has 2 rings (SSSR count). The summed E-state index contributed by atoms with van der Waals surface area (Å²) in [6, 6.07) is 2.18. The van der Waals surface area contributed by atoms with Crippen LogP contribution in [0.25, 0.3) is 0 Å². The quantitative estimate of drug-likeness (QED) is 0.870. The van der Waals surface area contributed by atoms with Crippen LogP contribution in [0.4, 0.5) is 17.6 Å². The molecule has 7 heteroatoms. The molecule has 1 unspecified atom stereocenters.